The molecule has 2 atom stereocenters. The molecule has 10 heteroatoms. The summed E-state index contributed by atoms with van der Waals surface area (Å²) in [6.45, 7) is 5.67. The second kappa shape index (κ2) is 9.65. The van der Waals surface area contributed by atoms with Crippen LogP contribution in [0.3, 0.4) is 0 Å². The van der Waals surface area contributed by atoms with Crippen LogP contribution in [0.5, 0.6) is 5.75 Å². The summed E-state index contributed by atoms with van der Waals surface area (Å²) in [4.78, 5) is 9.72. The normalized spacial score (nSPS) is 18.6. The summed E-state index contributed by atoms with van der Waals surface area (Å²) in [7, 11) is -3.66. The average molecular weight is 500 g/mol. The molecule has 1 aliphatic heterocycles. The molecule has 0 amide bonds. The van der Waals surface area contributed by atoms with Crippen molar-refractivity contribution in [2.45, 2.75) is 50.2 Å². The first-order valence-electron chi connectivity index (χ1n) is 11.1. The number of aromatic nitrogens is 2. The van der Waals surface area contributed by atoms with Gasteiger partial charge in [0, 0.05) is 18.2 Å². The molecule has 0 aliphatic carbocycles. The first-order chi connectivity index (χ1) is 16.6. The van der Waals surface area contributed by atoms with Gasteiger partial charge in [-0.15, -0.1) is 5.48 Å². The zero-order chi connectivity index (χ0) is 25.2. The van der Waals surface area contributed by atoms with E-state index in [1.54, 1.807) is 19.1 Å². The van der Waals surface area contributed by atoms with E-state index in [4.69, 9.17) is 14.1 Å². The molecule has 3 aromatic rings. The van der Waals surface area contributed by atoms with Crippen LogP contribution in [0.2, 0.25) is 0 Å². The first kappa shape index (κ1) is 24.7. The van der Waals surface area contributed by atoms with Gasteiger partial charge in [0.1, 0.15) is 22.0 Å². The Morgan fingerprint density at radius 3 is 2.49 bits per heavy atom. The van der Waals surface area contributed by atoms with Gasteiger partial charge in [0.25, 0.3) is 0 Å². The topological polar surface area (TPSA) is 104 Å². The standard InChI is InChI=1S/C25H26FN3O5S/c1-5-20(32-18-10-7-16(8-11-18)24-27-23(6-2)34-28-24)21-13-14-25(3,29-33-21)17-9-12-22(19(26)15-17)35(4,30)31/h7-12,14-15,20,29H,5-6H2,1-4H3. The lowest BCUT2D eigenvalue weighted by Gasteiger charge is -2.31. The van der Waals surface area contributed by atoms with Gasteiger partial charge in [-0.25, -0.2) is 12.8 Å². The van der Waals surface area contributed by atoms with Crippen LogP contribution in [0.1, 0.15) is 38.6 Å². The van der Waals surface area contributed by atoms with E-state index in [0.29, 0.717) is 41.6 Å². The quantitative estimate of drug-likeness (QED) is 0.452. The lowest BCUT2D eigenvalue weighted by atomic mass is 9.92. The summed E-state index contributed by atoms with van der Waals surface area (Å²) < 4.78 is 49.1. The molecular weight excluding hydrogens is 473 g/mol. The van der Waals surface area contributed by atoms with Gasteiger partial charge < -0.3 is 14.1 Å². The molecule has 0 bridgehead atoms. The Morgan fingerprint density at radius 2 is 1.94 bits per heavy atom. The predicted octanol–water partition coefficient (Wildman–Crippen LogP) is 4.49. The Hall–Kier alpha value is -3.46. The first-order valence-corrected chi connectivity index (χ1v) is 13.0. The van der Waals surface area contributed by atoms with Gasteiger partial charge in [-0.1, -0.05) is 30.8 Å². The summed E-state index contributed by atoms with van der Waals surface area (Å²) in [6.07, 6.45) is 3.53. The number of hydrogen-bond donors (Lipinski definition) is 1. The van der Waals surface area contributed by atoms with Crippen LogP contribution >= 0.6 is 0 Å². The van der Waals surface area contributed by atoms with Crippen LogP contribution in [0.15, 0.2) is 69.4 Å². The van der Waals surface area contributed by atoms with Gasteiger partial charge in [0.2, 0.25) is 17.5 Å². The fourth-order valence-electron chi connectivity index (χ4n) is 3.55. The van der Waals surface area contributed by atoms with Gasteiger partial charge in [0.05, 0.1) is 0 Å². The Balaban J connectivity index is 1.51. The largest absolute Gasteiger partial charge is 0.482 e. The van der Waals surface area contributed by atoms with Gasteiger partial charge in [-0.05, 0) is 61.4 Å². The van der Waals surface area contributed by atoms with Crippen LogP contribution < -0.4 is 10.2 Å². The van der Waals surface area contributed by atoms with Gasteiger partial charge in [-0.3, -0.25) is 0 Å². The second-order valence-corrected chi connectivity index (χ2v) is 10.4. The van der Waals surface area contributed by atoms with E-state index < -0.39 is 27.3 Å². The molecule has 1 aromatic heterocycles. The van der Waals surface area contributed by atoms with Gasteiger partial charge in [-0.2, -0.15) is 4.98 Å². The highest BCUT2D eigenvalue weighted by Gasteiger charge is 2.31. The zero-order valence-electron chi connectivity index (χ0n) is 19.8. The third-order valence-corrected chi connectivity index (χ3v) is 6.76. The van der Waals surface area contributed by atoms with Crippen molar-refractivity contribution in [2.75, 3.05) is 6.26 Å². The lowest BCUT2D eigenvalue weighted by Crippen LogP contribution is -2.41. The number of nitrogens with one attached hydrogen (secondary N) is 1. The molecular formula is C25H26FN3O5S. The number of sulfone groups is 1. The highest BCUT2D eigenvalue weighted by Crippen LogP contribution is 2.30. The lowest BCUT2D eigenvalue weighted by molar-refractivity contribution is 0.00687. The Morgan fingerprint density at radius 1 is 1.20 bits per heavy atom. The average Bonchev–Trinajstić information content (AvgIpc) is 3.32. The number of ether oxygens (including phenoxy) is 1. The summed E-state index contributed by atoms with van der Waals surface area (Å²) in [5.41, 5.74) is 6.40. The van der Waals surface area contributed by atoms with E-state index in [1.807, 2.05) is 38.1 Å². The van der Waals surface area contributed by atoms with E-state index in [9.17, 15) is 12.8 Å². The molecule has 1 aliphatic rings. The van der Waals surface area contributed by atoms with Gasteiger partial charge >= 0.3 is 0 Å². The second-order valence-electron chi connectivity index (χ2n) is 8.38. The minimum Gasteiger partial charge on any atom is -0.482 e. The Kier molecular flexibility index (Phi) is 6.80. The molecule has 2 heterocycles. The number of hydroxylamine groups is 1. The number of benzene rings is 2. The highest BCUT2D eigenvalue weighted by atomic mass is 32.2. The van der Waals surface area contributed by atoms with Crippen LogP contribution in [0.25, 0.3) is 11.4 Å². The van der Waals surface area contributed by atoms with Crippen molar-refractivity contribution in [3.8, 4) is 17.1 Å². The monoisotopic (exact) mass is 499 g/mol. The van der Waals surface area contributed by atoms with Crippen molar-refractivity contribution < 1.29 is 26.9 Å². The smallest absolute Gasteiger partial charge is 0.226 e. The van der Waals surface area contributed by atoms with Gasteiger partial charge in [0.15, 0.2) is 15.9 Å². The van der Waals surface area contributed by atoms with Crippen LogP contribution in [-0.2, 0) is 26.6 Å². The Labute approximate surface area is 203 Å². The SMILES string of the molecule is CCc1nc(-c2ccc(OC(CC)C3=C=CC(C)(c4ccc(S(C)(=O)=O)c(F)c4)NO3)cc2)no1. The third kappa shape index (κ3) is 5.30. The van der Waals surface area contributed by atoms with E-state index in [0.717, 1.165) is 11.8 Å². The number of hydrogen-bond acceptors (Lipinski definition) is 8. The molecule has 0 fully saturated rings. The zero-order valence-corrected chi connectivity index (χ0v) is 20.6. The molecule has 184 valence electrons. The molecule has 8 nitrogen and oxygen atoms in total. The van der Waals surface area contributed by atoms with E-state index in [2.05, 4.69) is 21.4 Å². The van der Waals surface area contributed by atoms with Crippen molar-refractivity contribution in [1.82, 2.24) is 15.6 Å². The number of nitrogens with zero attached hydrogens (tertiary/aromatic N) is 2. The van der Waals surface area contributed by atoms with Crippen molar-refractivity contribution in [1.29, 1.82) is 0 Å². The predicted molar refractivity (Wildman–Crippen MR) is 126 cm³/mol. The number of aryl methyl sites for hydroxylation is 1. The number of rotatable bonds is 8. The van der Waals surface area contributed by atoms with E-state index >= 15 is 0 Å². The van der Waals surface area contributed by atoms with Crippen molar-refractivity contribution >= 4 is 9.84 Å². The summed E-state index contributed by atoms with van der Waals surface area (Å²) >= 11 is 0. The van der Waals surface area contributed by atoms with Crippen LogP contribution in [0.4, 0.5) is 4.39 Å². The molecule has 4 rings (SSSR count). The molecule has 2 unspecified atom stereocenters. The fourth-order valence-corrected chi connectivity index (χ4v) is 4.27. The van der Waals surface area contributed by atoms with Crippen LogP contribution in [-0.4, -0.2) is 30.9 Å². The van der Waals surface area contributed by atoms with E-state index in [1.165, 1.54) is 12.1 Å². The minimum atomic E-state index is -3.66. The van der Waals surface area contributed by atoms with Crippen molar-refractivity contribution in [3.63, 3.8) is 0 Å². The molecule has 0 saturated carbocycles. The summed E-state index contributed by atoms with van der Waals surface area (Å²) in [5.74, 6) is 1.35. The Bertz CT molecular complexity index is 1390. The van der Waals surface area contributed by atoms with E-state index in [-0.39, 0.29) is 4.90 Å². The third-order valence-electron chi connectivity index (χ3n) is 5.63. The van der Waals surface area contributed by atoms with Crippen molar-refractivity contribution in [2.24, 2.45) is 0 Å². The number of halogens is 1. The van der Waals surface area contributed by atoms with Crippen molar-refractivity contribution in [3.05, 3.63) is 77.3 Å². The maximum absolute atomic E-state index is 14.4. The maximum Gasteiger partial charge on any atom is 0.226 e. The minimum absolute atomic E-state index is 0.350. The molecule has 35 heavy (non-hydrogen) atoms. The summed E-state index contributed by atoms with van der Waals surface area (Å²) in [5, 5.41) is 3.97. The fraction of sp³-hybridized carbons (Fsp3) is 0.320. The molecule has 0 radical (unpaired) electrons. The maximum atomic E-state index is 14.4. The molecule has 1 N–H and O–H groups in total. The highest BCUT2D eigenvalue weighted by molar-refractivity contribution is 7.90. The van der Waals surface area contributed by atoms with Crippen LogP contribution in [0, 0.1) is 5.82 Å². The summed E-state index contributed by atoms with van der Waals surface area (Å²) in [6, 6.07) is 11.3. The molecule has 0 spiro atoms. The molecule has 2 aromatic carbocycles. The molecule has 0 saturated heterocycles.